The number of anilines is 1. The predicted molar refractivity (Wildman–Crippen MR) is 89.2 cm³/mol. The number of hydrogen-bond acceptors (Lipinski definition) is 2. The van der Waals surface area contributed by atoms with Crippen molar-refractivity contribution >= 4 is 19.6 Å². The topological polar surface area (TPSA) is 23.6 Å². The molecular formula is C17H25BN2O. The third-order valence-electron chi connectivity index (χ3n) is 5.17. The molecule has 2 fully saturated rings. The summed E-state index contributed by atoms with van der Waals surface area (Å²) < 4.78 is 0. The summed E-state index contributed by atoms with van der Waals surface area (Å²) in [5.41, 5.74) is 2.79. The number of nitrogens with zero attached hydrogens (tertiary/aromatic N) is 2. The minimum absolute atomic E-state index is 0.226. The zero-order chi connectivity index (χ0) is 15.2. The number of carbonyl (C=O) groups excluding carboxylic acids is 1. The molecule has 1 aromatic rings. The Hall–Kier alpha value is -1.29. The molecule has 0 bridgehead atoms. The minimum atomic E-state index is 0.226. The van der Waals surface area contributed by atoms with E-state index in [1.54, 1.807) is 0 Å². The molecule has 112 valence electrons. The van der Waals surface area contributed by atoms with Crippen LogP contribution in [0.2, 0.25) is 0 Å². The van der Waals surface area contributed by atoms with E-state index in [1.165, 1.54) is 18.7 Å². The molecule has 4 heteroatoms. The van der Waals surface area contributed by atoms with Gasteiger partial charge in [0.15, 0.2) is 7.98 Å². The van der Waals surface area contributed by atoms with Gasteiger partial charge in [-0.15, -0.1) is 0 Å². The van der Waals surface area contributed by atoms with Crippen LogP contribution in [0.25, 0.3) is 0 Å². The smallest absolute Gasteiger partial charge is 0.229 e. The van der Waals surface area contributed by atoms with E-state index in [4.69, 9.17) is 0 Å². The fourth-order valence-electron chi connectivity index (χ4n) is 4.19. The molecule has 0 radical (unpaired) electrons. The number of amides is 1. The first kappa shape index (κ1) is 14.6. The summed E-state index contributed by atoms with van der Waals surface area (Å²) in [7, 11) is 4.09. The fraction of sp³-hybridized carbons (Fsp3) is 0.588. The molecule has 1 aromatic carbocycles. The van der Waals surface area contributed by atoms with Gasteiger partial charge in [0.05, 0.1) is 0 Å². The molecule has 0 N–H and O–H groups in total. The molecule has 1 aliphatic heterocycles. The molecule has 1 amide bonds. The van der Waals surface area contributed by atoms with Gasteiger partial charge in [0.2, 0.25) is 5.91 Å². The van der Waals surface area contributed by atoms with E-state index in [0.29, 0.717) is 17.2 Å². The van der Waals surface area contributed by atoms with Crippen LogP contribution in [0.5, 0.6) is 0 Å². The predicted octanol–water partition coefficient (Wildman–Crippen LogP) is 2.03. The van der Waals surface area contributed by atoms with Crippen LogP contribution < -0.4 is 4.90 Å². The Morgan fingerprint density at radius 1 is 1.33 bits per heavy atom. The van der Waals surface area contributed by atoms with Gasteiger partial charge < -0.3 is 9.71 Å². The highest BCUT2D eigenvalue weighted by atomic mass is 16.2. The van der Waals surface area contributed by atoms with Gasteiger partial charge >= 0.3 is 0 Å². The van der Waals surface area contributed by atoms with Crippen LogP contribution in [0.3, 0.4) is 0 Å². The van der Waals surface area contributed by atoms with Crippen molar-refractivity contribution in [3.05, 3.63) is 29.8 Å². The number of para-hydroxylation sites is 1. The Morgan fingerprint density at radius 2 is 1.95 bits per heavy atom. The monoisotopic (exact) mass is 284 g/mol. The van der Waals surface area contributed by atoms with Crippen molar-refractivity contribution in [3.8, 4) is 0 Å². The van der Waals surface area contributed by atoms with Gasteiger partial charge in [-0.1, -0.05) is 32.0 Å². The molecule has 0 unspecified atom stereocenters. The second kappa shape index (κ2) is 5.17. The number of rotatable bonds is 3. The highest BCUT2D eigenvalue weighted by Gasteiger charge is 2.53. The van der Waals surface area contributed by atoms with Crippen LogP contribution in [0.15, 0.2) is 24.3 Å². The number of benzene rings is 1. The molecular weight excluding hydrogens is 259 g/mol. The third-order valence-corrected chi connectivity index (χ3v) is 5.17. The summed E-state index contributed by atoms with van der Waals surface area (Å²) in [4.78, 5) is 17.0. The van der Waals surface area contributed by atoms with Gasteiger partial charge in [0, 0.05) is 18.7 Å². The Bertz CT molecular complexity index is 543. The van der Waals surface area contributed by atoms with Crippen molar-refractivity contribution in [2.45, 2.75) is 32.6 Å². The second-order valence-electron chi connectivity index (χ2n) is 7.39. The van der Waals surface area contributed by atoms with Crippen LogP contribution in [0, 0.1) is 11.3 Å². The first-order chi connectivity index (χ1) is 9.92. The Balaban J connectivity index is 1.69. The quantitative estimate of drug-likeness (QED) is 0.793. The molecule has 1 heterocycles. The van der Waals surface area contributed by atoms with Crippen LogP contribution >= 0.6 is 0 Å². The molecule has 1 saturated carbocycles. The van der Waals surface area contributed by atoms with Crippen LogP contribution in [-0.4, -0.2) is 38.8 Å². The molecule has 1 aliphatic carbocycles. The van der Waals surface area contributed by atoms with E-state index in [0.717, 1.165) is 18.5 Å². The zero-order valence-electron chi connectivity index (χ0n) is 13.6. The van der Waals surface area contributed by atoms with E-state index in [-0.39, 0.29) is 5.92 Å². The molecule has 3 nitrogen and oxygen atoms in total. The average Bonchev–Trinajstić information content (AvgIpc) is 2.39. The standard InChI is InChI=1S/C17H25BN2O/c1-12(2)14-6-4-5-7-15(14)19(3)16(21)13-8-17(9-13)10-20(18)11-17/h4-7,12-13H,8-11,18H2,1-3H3. The summed E-state index contributed by atoms with van der Waals surface area (Å²) >= 11 is 0. The molecule has 3 rings (SSSR count). The van der Waals surface area contributed by atoms with Gasteiger partial charge in [-0.3, -0.25) is 4.79 Å². The summed E-state index contributed by atoms with van der Waals surface area (Å²) in [5, 5.41) is 0. The highest BCUT2D eigenvalue weighted by Crippen LogP contribution is 2.52. The van der Waals surface area contributed by atoms with E-state index in [1.807, 2.05) is 18.0 Å². The van der Waals surface area contributed by atoms with Crippen molar-refractivity contribution in [1.82, 2.24) is 4.81 Å². The average molecular weight is 284 g/mol. The van der Waals surface area contributed by atoms with E-state index >= 15 is 0 Å². The lowest BCUT2D eigenvalue weighted by atomic mass is 9.56. The van der Waals surface area contributed by atoms with Crippen LogP contribution in [-0.2, 0) is 4.79 Å². The van der Waals surface area contributed by atoms with E-state index in [9.17, 15) is 4.79 Å². The van der Waals surface area contributed by atoms with E-state index in [2.05, 4.69) is 44.8 Å². The molecule has 1 saturated heterocycles. The maximum absolute atomic E-state index is 12.7. The summed E-state index contributed by atoms with van der Waals surface area (Å²) in [6, 6.07) is 8.28. The summed E-state index contributed by atoms with van der Waals surface area (Å²) in [5.74, 6) is 0.955. The van der Waals surface area contributed by atoms with Crippen LogP contribution in [0.4, 0.5) is 5.69 Å². The largest absolute Gasteiger partial charge is 0.348 e. The first-order valence-electron chi connectivity index (χ1n) is 7.97. The van der Waals surface area contributed by atoms with E-state index < -0.39 is 0 Å². The lowest BCUT2D eigenvalue weighted by Gasteiger charge is -2.58. The normalized spacial score (nSPS) is 21.1. The number of carbonyl (C=O) groups is 1. The summed E-state index contributed by atoms with van der Waals surface area (Å²) in [6.45, 7) is 6.70. The van der Waals surface area contributed by atoms with Crippen molar-refractivity contribution in [2.75, 3.05) is 25.0 Å². The first-order valence-corrected chi connectivity index (χ1v) is 7.97. The van der Waals surface area contributed by atoms with Gasteiger partial charge in [0.25, 0.3) is 0 Å². The molecule has 1 spiro atoms. The van der Waals surface area contributed by atoms with Gasteiger partial charge in [0.1, 0.15) is 0 Å². The molecule has 0 aromatic heterocycles. The van der Waals surface area contributed by atoms with Crippen LogP contribution in [0.1, 0.15) is 38.2 Å². The maximum atomic E-state index is 12.7. The van der Waals surface area contributed by atoms with Crippen molar-refractivity contribution in [1.29, 1.82) is 0 Å². The lowest BCUT2D eigenvalue weighted by molar-refractivity contribution is -0.135. The van der Waals surface area contributed by atoms with Crippen molar-refractivity contribution in [2.24, 2.45) is 11.3 Å². The van der Waals surface area contributed by atoms with Gasteiger partial charge in [-0.25, -0.2) is 0 Å². The Morgan fingerprint density at radius 3 is 2.52 bits per heavy atom. The maximum Gasteiger partial charge on any atom is 0.229 e. The fourth-order valence-corrected chi connectivity index (χ4v) is 4.19. The summed E-state index contributed by atoms with van der Waals surface area (Å²) in [6.07, 6.45) is 2.15. The second-order valence-corrected chi connectivity index (χ2v) is 7.39. The Labute approximate surface area is 128 Å². The minimum Gasteiger partial charge on any atom is -0.348 e. The molecule has 2 aliphatic rings. The molecule has 0 atom stereocenters. The highest BCUT2D eigenvalue weighted by molar-refractivity contribution is 6.05. The lowest BCUT2D eigenvalue weighted by Crippen LogP contribution is -2.63. The number of hydrogen-bond donors (Lipinski definition) is 0. The van der Waals surface area contributed by atoms with Crippen molar-refractivity contribution in [3.63, 3.8) is 0 Å². The van der Waals surface area contributed by atoms with Gasteiger partial charge in [-0.2, -0.15) is 0 Å². The SMILES string of the molecule is BN1CC2(CC(C(=O)N(C)c3ccccc3C(C)C)C2)C1. The molecule has 21 heavy (non-hydrogen) atoms. The van der Waals surface area contributed by atoms with Crippen molar-refractivity contribution < 1.29 is 4.79 Å². The zero-order valence-corrected chi connectivity index (χ0v) is 13.6. The third kappa shape index (κ3) is 2.50. The van der Waals surface area contributed by atoms with Gasteiger partial charge in [-0.05, 0) is 48.9 Å². The Kier molecular flexibility index (Phi) is 3.60.